The molecule has 1 rings (SSSR count). The van der Waals surface area contributed by atoms with Crippen molar-refractivity contribution in [2.24, 2.45) is 0 Å². The summed E-state index contributed by atoms with van der Waals surface area (Å²) in [5, 5.41) is 9.24. The number of nitrogens with zero attached hydrogens (tertiary/aromatic N) is 3. The standard InChI is InChI=1S/C8H16N4S/c1-4-5-6(2)13-8-11-10-7(3)12(8)9/h6H,4-5,9H2,1-3H3/t6-/m1/s1. The lowest BCUT2D eigenvalue weighted by molar-refractivity contribution is 0.770. The molecule has 0 radical (unpaired) electrons. The first-order valence-electron chi connectivity index (χ1n) is 4.49. The molecular formula is C8H16N4S. The predicted molar refractivity (Wildman–Crippen MR) is 55.1 cm³/mol. The minimum atomic E-state index is 0.552. The van der Waals surface area contributed by atoms with Crippen LogP contribution in [0, 0.1) is 6.92 Å². The largest absolute Gasteiger partial charge is 0.336 e. The third-order valence-corrected chi connectivity index (χ3v) is 2.96. The average molecular weight is 200 g/mol. The lowest BCUT2D eigenvalue weighted by Crippen LogP contribution is -2.12. The fraction of sp³-hybridized carbons (Fsp3) is 0.750. The van der Waals surface area contributed by atoms with E-state index < -0.39 is 0 Å². The SMILES string of the molecule is CCC[C@@H](C)Sc1nnc(C)n1N. The molecule has 4 nitrogen and oxygen atoms in total. The first-order chi connectivity index (χ1) is 6.15. The molecule has 0 aliphatic carbocycles. The van der Waals surface area contributed by atoms with Crippen LogP contribution in [0.1, 0.15) is 32.5 Å². The molecule has 13 heavy (non-hydrogen) atoms. The van der Waals surface area contributed by atoms with Crippen molar-refractivity contribution in [2.45, 2.75) is 44.0 Å². The molecule has 0 amide bonds. The molecule has 0 fully saturated rings. The summed E-state index contributed by atoms with van der Waals surface area (Å²) in [6.07, 6.45) is 2.36. The van der Waals surface area contributed by atoms with E-state index in [1.165, 1.54) is 17.5 Å². The van der Waals surface area contributed by atoms with Crippen LogP contribution in [-0.2, 0) is 0 Å². The zero-order valence-corrected chi connectivity index (χ0v) is 9.14. The van der Waals surface area contributed by atoms with Crippen molar-refractivity contribution < 1.29 is 0 Å². The lowest BCUT2D eigenvalue weighted by atomic mass is 10.3. The van der Waals surface area contributed by atoms with E-state index in [0.717, 1.165) is 11.0 Å². The van der Waals surface area contributed by atoms with E-state index in [1.54, 1.807) is 11.8 Å². The highest BCUT2D eigenvalue weighted by Gasteiger charge is 2.10. The molecule has 2 N–H and O–H groups in total. The molecule has 0 aliphatic heterocycles. The summed E-state index contributed by atoms with van der Waals surface area (Å²) in [5.74, 6) is 6.47. The van der Waals surface area contributed by atoms with Gasteiger partial charge in [0, 0.05) is 5.25 Å². The highest BCUT2D eigenvalue weighted by Crippen LogP contribution is 2.23. The van der Waals surface area contributed by atoms with Gasteiger partial charge in [-0.3, -0.25) is 0 Å². The van der Waals surface area contributed by atoms with Crippen LogP contribution < -0.4 is 5.84 Å². The van der Waals surface area contributed by atoms with Gasteiger partial charge in [0.2, 0.25) is 5.16 Å². The molecule has 0 aliphatic rings. The van der Waals surface area contributed by atoms with Crippen LogP contribution in [0.5, 0.6) is 0 Å². The fourth-order valence-corrected chi connectivity index (χ4v) is 2.12. The van der Waals surface area contributed by atoms with Gasteiger partial charge in [-0.25, -0.2) is 4.68 Å². The number of thioether (sulfide) groups is 1. The molecule has 0 saturated carbocycles. The van der Waals surface area contributed by atoms with Gasteiger partial charge >= 0.3 is 0 Å². The maximum absolute atomic E-state index is 5.72. The van der Waals surface area contributed by atoms with Crippen LogP contribution >= 0.6 is 11.8 Å². The third-order valence-electron chi connectivity index (χ3n) is 1.84. The fourth-order valence-electron chi connectivity index (χ4n) is 1.08. The van der Waals surface area contributed by atoms with E-state index in [4.69, 9.17) is 5.84 Å². The van der Waals surface area contributed by atoms with E-state index in [0.29, 0.717) is 5.25 Å². The monoisotopic (exact) mass is 200 g/mol. The van der Waals surface area contributed by atoms with E-state index in [-0.39, 0.29) is 0 Å². The molecule has 0 aromatic carbocycles. The van der Waals surface area contributed by atoms with Gasteiger partial charge in [0.15, 0.2) is 0 Å². The number of aromatic nitrogens is 3. The molecule has 5 heteroatoms. The molecule has 1 aromatic rings. The predicted octanol–water partition coefficient (Wildman–Crippen LogP) is 1.58. The van der Waals surface area contributed by atoms with Crippen LogP contribution in [0.25, 0.3) is 0 Å². The molecule has 0 spiro atoms. The van der Waals surface area contributed by atoms with Gasteiger partial charge in [0.1, 0.15) is 5.82 Å². The Morgan fingerprint density at radius 3 is 2.69 bits per heavy atom. The van der Waals surface area contributed by atoms with Crippen molar-refractivity contribution in [3.8, 4) is 0 Å². The summed E-state index contributed by atoms with van der Waals surface area (Å²) in [6.45, 7) is 6.20. The first kappa shape index (κ1) is 10.4. The van der Waals surface area contributed by atoms with Crippen molar-refractivity contribution in [1.82, 2.24) is 14.9 Å². The molecule has 74 valence electrons. The van der Waals surface area contributed by atoms with Crippen molar-refractivity contribution >= 4 is 11.8 Å². The Labute approximate surface area is 82.9 Å². The van der Waals surface area contributed by atoms with E-state index in [2.05, 4.69) is 24.0 Å². The third kappa shape index (κ3) is 2.62. The van der Waals surface area contributed by atoms with Crippen molar-refractivity contribution in [2.75, 3.05) is 5.84 Å². The van der Waals surface area contributed by atoms with Gasteiger partial charge in [-0.15, -0.1) is 10.2 Å². The minimum Gasteiger partial charge on any atom is -0.336 e. The Hall–Kier alpha value is -0.710. The Morgan fingerprint density at radius 2 is 2.23 bits per heavy atom. The molecule has 0 unspecified atom stereocenters. The molecule has 0 saturated heterocycles. The number of rotatable bonds is 4. The summed E-state index contributed by atoms with van der Waals surface area (Å²) in [7, 11) is 0. The number of nitrogens with two attached hydrogens (primary N) is 1. The van der Waals surface area contributed by atoms with E-state index in [9.17, 15) is 0 Å². The second-order valence-electron chi connectivity index (χ2n) is 3.12. The zero-order valence-electron chi connectivity index (χ0n) is 8.32. The van der Waals surface area contributed by atoms with Crippen LogP contribution in [0.4, 0.5) is 0 Å². The van der Waals surface area contributed by atoms with Gasteiger partial charge in [0.05, 0.1) is 0 Å². The Balaban J connectivity index is 2.58. The Kier molecular flexibility index (Phi) is 3.59. The lowest BCUT2D eigenvalue weighted by Gasteiger charge is -2.07. The van der Waals surface area contributed by atoms with Gasteiger partial charge in [-0.05, 0) is 13.3 Å². The number of hydrogen-bond acceptors (Lipinski definition) is 4. The molecule has 1 aromatic heterocycles. The second-order valence-corrected chi connectivity index (χ2v) is 4.52. The van der Waals surface area contributed by atoms with Gasteiger partial charge in [-0.1, -0.05) is 32.0 Å². The number of nitrogen functional groups attached to an aromatic ring is 1. The van der Waals surface area contributed by atoms with E-state index >= 15 is 0 Å². The van der Waals surface area contributed by atoms with Crippen LogP contribution in [0.15, 0.2) is 5.16 Å². The number of aryl methyl sites for hydroxylation is 1. The van der Waals surface area contributed by atoms with Gasteiger partial charge in [-0.2, -0.15) is 0 Å². The highest BCUT2D eigenvalue weighted by molar-refractivity contribution is 7.99. The summed E-state index contributed by atoms with van der Waals surface area (Å²) in [4.78, 5) is 0. The quantitative estimate of drug-likeness (QED) is 0.592. The van der Waals surface area contributed by atoms with Crippen LogP contribution in [0.2, 0.25) is 0 Å². The summed E-state index contributed by atoms with van der Waals surface area (Å²) >= 11 is 1.68. The summed E-state index contributed by atoms with van der Waals surface area (Å²) in [5.41, 5.74) is 0. The van der Waals surface area contributed by atoms with Crippen molar-refractivity contribution in [1.29, 1.82) is 0 Å². The minimum absolute atomic E-state index is 0.552. The maximum Gasteiger partial charge on any atom is 0.210 e. The second kappa shape index (κ2) is 4.50. The molecule has 0 bridgehead atoms. The smallest absolute Gasteiger partial charge is 0.210 e. The van der Waals surface area contributed by atoms with Crippen LogP contribution in [0.3, 0.4) is 0 Å². The zero-order chi connectivity index (χ0) is 9.84. The Morgan fingerprint density at radius 1 is 1.54 bits per heavy atom. The summed E-state index contributed by atoms with van der Waals surface area (Å²) in [6, 6.07) is 0. The van der Waals surface area contributed by atoms with Gasteiger partial charge < -0.3 is 5.84 Å². The number of hydrogen-bond donors (Lipinski definition) is 1. The topological polar surface area (TPSA) is 56.7 Å². The Bertz CT molecular complexity index is 271. The summed E-state index contributed by atoms with van der Waals surface area (Å²) < 4.78 is 1.54. The van der Waals surface area contributed by atoms with Gasteiger partial charge in [0.25, 0.3) is 0 Å². The average Bonchev–Trinajstić information content (AvgIpc) is 2.37. The molecule has 1 atom stereocenters. The highest BCUT2D eigenvalue weighted by atomic mass is 32.2. The van der Waals surface area contributed by atoms with Crippen molar-refractivity contribution in [3.63, 3.8) is 0 Å². The first-order valence-corrected chi connectivity index (χ1v) is 5.36. The normalized spacial score (nSPS) is 13.2. The van der Waals surface area contributed by atoms with Crippen molar-refractivity contribution in [3.05, 3.63) is 5.82 Å². The van der Waals surface area contributed by atoms with E-state index in [1.807, 2.05) is 6.92 Å². The molecular weight excluding hydrogens is 184 g/mol. The molecule has 1 heterocycles. The van der Waals surface area contributed by atoms with Crippen LogP contribution in [-0.4, -0.2) is 20.1 Å². The maximum atomic E-state index is 5.72.